The Labute approximate surface area is 126 Å². The van der Waals surface area contributed by atoms with Gasteiger partial charge in [0, 0.05) is 31.6 Å². The topological polar surface area (TPSA) is 84.2 Å². The lowest BCUT2D eigenvalue weighted by atomic mass is 9.85. The van der Waals surface area contributed by atoms with Crippen molar-refractivity contribution in [3.63, 3.8) is 0 Å². The SMILES string of the molecule is CC(=O)Nc1ccc(CNC(=O)CC(N)C(C)(C)C)cc1. The molecule has 1 rings (SSSR count). The molecule has 4 N–H and O–H groups in total. The molecular weight excluding hydrogens is 266 g/mol. The lowest BCUT2D eigenvalue weighted by Crippen LogP contribution is -2.40. The van der Waals surface area contributed by atoms with E-state index < -0.39 is 0 Å². The third-order valence-electron chi connectivity index (χ3n) is 3.28. The lowest BCUT2D eigenvalue weighted by molar-refractivity contribution is -0.122. The summed E-state index contributed by atoms with van der Waals surface area (Å²) in [6.45, 7) is 7.98. The second kappa shape index (κ2) is 7.22. The highest BCUT2D eigenvalue weighted by atomic mass is 16.2. The Morgan fingerprint density at radius 2 is 1.76 bits per heavy atom. The smallest absolute Gasteiger partial charge is 0.221 e. The average molecular weight is 291 g/mol. The van der Waals surface area contributed by atoms with E-state index in [2.05, 4.69) is 10.6 Å². The van der Waals surface area contributed by atoms with Crippen LogP contribution in [0.2, 0.25) is 0 Å². The van der Waals surface area contributed by atoms with Gasteiger partial charge in [-0.1, -0.05) is 32.9 Å². The third kappa shape index (κ3) is 6.40. The monoisotopic (exact) mass is 291 g/mol. The molecule has 0 aliphatic heterocycles. The maximum atomic E-state index is 11.8. The van der Waals surface area contributed by atoms with E-state index in [1.807, 2.05) is 45.0 Å². The van der Waals surface area contributed by atoms with Crippen LogP contribution in [0.4, 0.5) is 5.69 Å². The van der Waals surface area contributed by atoms with Crippen molar-refractivity contribution in [1.82, 2.24) is 5.32 Å². The highest BCUT2D eigenvalue weighted by molar-refractivity contribution is 5.88. The molecule has 116 valence electrons. The fourth-order valence-electron chi connectivity index (χ4n) is 1.69. The van der Waals surface area contributed by atoms with Gasteiger partial charge in [0.2, 0.25) is 11.8 Å². The van der Waals surface area contributed by atoms with Crippen LogP contribution in [0.1, 0.15) is 39.7 Å². The maximum absolute atomic E-state index is 11.8. The van der Waals surface area contributed by atoms with Crippen LogP contribution in [-0.4, -0.2) is 17.9 Å². The molecule has 0 aromatic heterocycles. The van der Waals surface area contributed by atoms with Crippen LogP contribution < -0.4 is 16.4 Å². The molecule has 1 unspecified atom stereocenters. The van der Waals surface area contributed by atoms with Crippen molar-refractivity contribution in [2.75, 3.05) is 5.32 Å². The Morgan fingerprint density at radius 1 is 1.19 bits per heavy atom. The Morgan fingerprint density at radius 3 is 2.24 bits per heavy atom. The number of carbonyl (C=O) groups is 2. The Kier molecular flexibility index (Phi) is 5.90. The Hall–Kier alpha value is -1.88. The predicted octanol–water partition coefficient (Wildman–Crippen LogP) is 2.02. The van der Waals surface area contributed by atoms with Gasteiger partial charge in [-0.2, -0.15) is 0 Å². The van der Waals surface area contributed by atoms with E-state index in [0.717, 1.165) is 11.3 Å². The minimum absolute atomic E-state index is 0.0524. The molecule has 21 heavy (non-hydrogen) atoms. The van der Waals surface area contributed by atoms with Crippen molar-refractivity contribution in [3.8, 4) is 0 Å². The molecule has 0 spiro atoms. The third-order valence-corrected chi connectivity index (χ3v) is 3.28. The number of amides is 2. The number of hydrogen-bond donors (Lipinski definition) is 3. The number of hydrogen-bond acceptors (Lipinski definition) is 3. The molecule has 1 aromatic rings. The number of nitrogens with one attached hydrogen (secondary N) is 2. The van der Waals surface area contributed by atoms with Crippen LogP contribution in [0.25, 0.3) is 0 Å². The maximum Gasteiger partial charge on any atom is 0.221 e. The molecule has 0 aliphatic rings. The molecule has 0 fully saturated rings. The van der Waals surface area contributed by atoms with Gasteiger partial charge in [0.25, 0.3) is 0 Å². The van der Waals surface area contributed by atoms with Gasteiger partial charge in [0.1, 0.15) is 0 Å². The van der Waals surface area contributed by atoms with Crippen molar-refractivity contribution < 1.29 is 9.59 Å². The first-order valence-electron chi connectivity index (χ1n) is 7.07. The number of carbonyl (C=O) groups excluding carboxylic acids is 2. The van der Waals surface area contributed by atoms with Crippen LogP contribution in [0.15, 0.2) is 24.3 Å². The number of benzene rings is 1. The van der Waals surface area contributed by atoms with Crippen LogP contribution in [0.5, 0.6) is 0 Å². The van der Waals surface area contributed by atoms with E-state index in [4.69, 9.17) is 5.73 Å². The summed E-state index contributed by atoms with van der Waals surface area (Å²) >= 11 is 0. The first-order valence-corrected chi connectivity index (χ1v) is 7.07. The normalized spacial score (nSPS) is 12.6. The van der Waals surface area contributed by atoms with Gasteiger partial charge in [-0.25, -0.2) is 0 Å². The minimum atomic E-state index is -0.167. The highest BCUT2D eigenvalue weighted by Gasteiger charge is 2.22. The summed E-state index contributed by atoms with van der Waals surface area (Å²) in [5.74, 6) is -0.157. The highest BCUT2D eigenvalue weighted by Crippen LogP contribution is 2.19. The standard InChI is InChI=1S/C16H25N3O2/c1-11(20)19-13-7-5-12(6-8-13)10-18-15(21)9-14(17)16(2,3)4/h5-8,14H,9-10,17H2,1-4H3,(H,18,21)(H,19,20). The molecule has 0 aliphatic carbocycles. The second-order valence-corrected chi connectivity index (χ2v) is 6.33. The van der Waals surface area contributed by atoms with E-state index in [1.165, 1.54) is 6.92 Å². The van der Waals surface area contributed by atoms with E-state index >= 15 is 0 Å². The van der Waals surface area contributed by atoms with Crippen molar-refractivity contribution >= 4 is 17.5 Å². The summed E-state index contributed by atoms with van der Waals surface area (Å²) < 4.78 is 0. The van der Waals surface area contributed by atoms with Gasteiger partial charge in [-0.3, -0.25) is 9.59 Å². The van der Waals surface area contributed by atoms with Gasteiger partial charge in [-0.15, -0.1) is 0 Å². The molecule has 0 bridgehead atoms. The largest absolute Gasteiger partial charge is 0.352 e. The molecule has 0 saturated carbocycles. The zero-order valence-corrected chi connectivity index (χ0v) is 13.2. The fraction of sp³-hybridized carbons (Fsp3) is 0.500. The second-order valence-electron chi connectivity index (χ2n) is 6.33. The van der Waals surface area contributed by atoms with Gasteiger partial charge >= 0.3 is 0 Å². The van der Waals surface area contributed by atoms with Crippen LogP contribution in [0, 0.1) is 5.41 Å². The molecule has 5 heteroatoms. The fourth-order valence-corrected chi connectivity index (χ4v) is 1.69. The number of nitrogens with two attached hydrogens (primary N) is 1. The average Bonchev–Trinajstić information content (AvgIpc) is 2.36. The van der Waals surface area contributed by atoms with Crippen molar-refractivity contribution in [3.05, 3.63) is 29.8 Å². The molecule has 2 amide bonds. The zero-order valence-electron chi connectivity index (χ0n) is 13.2. The van der Waals surface area contributed by atoms with Crippen LogP contribution in [0.3, 0.4) is 0 Å². The summed E-state index contributed by atoms with van der Waals surface area (Å²) in [5.41, 5.74) is 7.62. The quantitative estimate of drug-likeness (QED) is 0.776. The minimum Gasteiger partial charge on any atom is -0.352 e. The number of anilines is 1. The van der Waals surface area contributed by atoms with Crippen LogP contribution in [-0.2, 0) is 16.1 Å². The summed E-state index contributed by atoms with van der Waals surface area (Å²) in [5, 5.41) is 5.55. The van der Waals surface area contributed by atoms with Crippen molar-refractivity contribution in [1.29, 1.82) is 0 Å². The summed E-state index contributed by atoms with van der Waals surface area (Å²) in [6.07, 6.45) is 0.313. The van der Waals surface area contributed by atoms with Gasteiger partial charge in [-0.05, 0) is 23.1 Å². The van der Waals surface area contributed by atoms with Gasteiger partial charge in [0.15, 0.2) is 0 Å². The summed E-state index contributed by atoms with van der Waals surface area (Å²) in [6, 6.07) is 7.19. The van der Waals surface area contributed by atoms with Gasteiger partial charge in [0.05, 0.1) is 0 Å². The Balaban J connectivity index is 2.44. The van der Waals surface area contributed by atoms with Gasteiger partial charge < -0.3 is 16.4 Å². The zero-order chi connectivity index (χ0) is 16.0. The van der Waals surface area contributed by atoms with E-state index in [9.17, 15) is 9.59 Å². The molecule has 1 aromatic carbocycles. The van der Waals surface area contributed by atoms with E-state index in [0.29, 0.717) is 13.0 Å². The van der Waals surface area contributed by atoms with E-state index in [-0.39, 0.29) is 23.3 Å². The molecule has 0 radical (unpaired) electrons. The van der Waals surface area contributed by atoms with Crippen LogP contribution >= 0.6 is 0 Å². The molecule has 5 nitrogen and oxygen atoms in total. The molecule has 1 atom stereocenters. The van der Waals surface area contributed by atoms with Crippen molar-refractivity contribution in [2.24, 2.45) is 11.1 Å². The molecular formula is C16H25N3O2. The number of rotatable bonds is 5. The molecule has 0 heterocycles. The summed E-state index contributed by atoms with van der Waals surface area (Å²) in [7, 11) is 0. The van der Waals surface area contributed by atoms with E-state index in [1.54, 1.807) is 0 Å². The first kappa shape index (κ1) is 17.2. The first-order chi connectivity index (χ1) is 9.68. The lowest BCUT2D eigenvalue weighted by Gasteiger charge is -2.26. The molecule has 0 saturated heterocycles. The summed E-state index contributed by atoms with van der Waals surface area (Å²) in [4.78, 5) is 22.8. The Bertz CT molecular complexity index is 489. The predicted molar refractivity (Wildman–Crippen MR) is 84.6 cm³/mol. The van der Waals surface area contributed by atoms with Crippen molar-refractivity contribution in [2.45, 2.75) is 46.7 Å².